The number of aromatic nitrogens is 2. The highest BCUT2D eigenvalue weighted by Crippen LogP contribution is 2.28. The summed E-state index contributed by atoms with van der Waals surface area (Å²) in [5.41, 5.74) is 5.88. The summed E-state index contributed by atoms with van der Waals surface area (Å²) in [7, 11) is 3.01. The van der Waals surface area contributed by atoms with E-state index in [4.69, 9.17) is 19.9 Å². The number of hydrogen-bond donors (Lipinski definition) is 2. The van der Waals surface area contributed by atoms with Gasteiger partial charge in [-0.15, -0.1) is 0 Å². The van der Waals surface area contributed by atoms with E-state index in [0.717, 1.165) is 16.5 Å². The number of ether oxygens (including phenoxy) is 3. The number of carbonyl (C=O) groups excluding carboxylic acids is 2. The van der Waals surface area contributed by atoms with Crippen LogP contribution in [0, 0.1) is 0 Å². The largest absolute Gasteiger partial charge is 0.493 e. The number of nitrogens with one attached hydrogen (secondary N) is 1. The van der Waals surface area contributed by atoms with E-state index in [1.807, 2.05) is 6.07 Å². The molecular weight excluding hydrogens is 480 g/mol. The smallest absolute Gasteiger partial charge is 0.331 e. The summed E-state index contributed by atoms with van der Waals surface area (Å²) in [4.78, 5) is 53.3. The molecule has 1 amide bonds. The molecule has 37 heavy (non-hydrogen) atoms. The zero-order valence-electron chi connectivity index (χ0n) is 20.7. The van der Waals surface area contributed by atoms with Crippen molar-refractivity contribution in [2.45, 2.75) is 13.5 Å². The molecule has 0 unspecified atom stereocenters. The SMILES string of the molecule is CCN(C(=O)COC(=O)/C=C/c1ccc(OC)c(OC)c1)c1c(N)n(Cc2ccccc2)c(=O)[nH]c1=O. The molecule has 3 aromatic rings. The Morgan fingerprint density at radius 2 is 1.76 bits per heavy atom. The average Bonchev–Trinajstić information content (AvgIpc) is 2.91. The molecule has 11 heteroatoms. The predicted molar refractivity (Wildman–Crippen MR) is 139 cm³/mol. The number of nitrogens with zero attached hydrogens (tertiary/aromatic N) is 2. The first kappa shape index (κ1) is 26.8. The molecular formula is C26H28N4O7. The molecule has 1 heterocycles. The number of hydrogen-bond acceptors (Lipinski definition) is 8. The van der Waals surface area contributed by atoms with E-state index in [1.54, 1.807) is 49.4 Å². The van der Waals surface area contributed by atoms with Crippen LogP contribution in [0.2, 0.25) is 0 Å². The van der Waals surface area contributed by atoms with Gasteiger partial charge in [0.05, 0.1) is 20.8 Å². The fourth-order valence-electron chi connectivity index (χ4n) is 3.60. The van der Waals surface area contributed by atoms with Crippen molar-refractivity contribution >= 4 is 29.5 Å². The first-order valence-corrected chi connectivity index (χ1v) is 11.3. The van der Waals surface area contributed by atoms with Crippen LogP contribution in [0.15, 0.2) is 64.2 Å². The third kappa shape index (κ3) is 6.45. The standard InChI is InChI=1S/C26H28N4O7/c1-4-29(23-24(27)30(26(34)28-25(23)33)15-18-8-6-5-7-9-18)21(31)16-37-22(32)13-11-17-10-12-19(35-2)20(14-17)36-3/h5-14H,4,15-16,27H2,1-3H3,(H,28,33,34)/b13-11+. The number of methoxy groups -OCH3 is 2. The Labute approximate surface area is 212 Å². The summed E-state index contributed by atoms with van der Waals surface area (Å²) in [5, 5.41) is 0. The highest BCUT2D eigenvalue weighted by molar-refractivity contribution is 5.98. The van der Waals surface area contributed by atoms with Gasteiger partial charge in [0.2, 0.25) is 0 Å². The highest BCUT2D eigenvalue weighted by Gasteiger charge is 2.24. The molecule has 0 radical (unpaired) electrons. The number of esters is 1. The van der Waals surface area contributed by atoms with Gasteiger partial charge in [-0.2, -0.15) is 0 Å². The summed E-state index contributed by atoms with van der Waals surface area (Å²) < 4.78 is 16.6. The first-order valence-electron chi connectivity index (χ1n) is 11.3. The van der Waals surface area contributed by atoms with Crippen LogP contribution in [0.25, 0.3) is 6.08 Å². The monoisotopic (exact) mass is 508 g/mol. The van der Waals surface area contributed by atoms with Crippen LogP contribution >= 0.6 is 0 Å². The van der Waals surface area contributed by atoms with Crippen LogP contribution in [0.5, 0.6) is 11.5 Å². The Bertz CT molecular complexity index is 1410. The van der Waals surface area contributed by atoms with Crippen molar-refractivity contribution in [3.63, 3.8) is 0 Å². The molecule has 0 atom stereocenters. The molecule has 3 rings (SSSR count). The molecule has 194 valence electrons. The van der Waals surface area contributed by atoms with Crippen LogP contribution < -0.4 is 31.4 Å². The Kier molecular flexibility index (Phi) is 8.87. The minimum absolute atomic E-state index is 0.0503. The maximum atomic E-state index is 12.9. The second-order valence-electron chi connectivity index (χ2n) is 7.76. The van der Waals surface area contributed by atoms with Gasteiger partial charge in [0.25, 0.3) is 11.5 Å². The number of aromatic amines is 1. The van der Waals surface area contributed by atoms with Crippen LogP contribution in [0.4, 0.5) is 11.5 Å². The molecule has 11 nitrogen and oxygen atoms in total. The van der Waals surface area contributed by atoms with Gasteiger partial charge >= 0.3 is 11.7 Å². The number of H-pyrrole nitrogens is 1. The van der Waals surface area contributed by atoms with Crippen LogP contribution in [0.1, 0.15) is 18.1 Å². The van der Waals surface area contributed by atoms with E-state index in [2.05, 4.69) is 4.98 Å². The van der Waals surface area contributed by atoms with Crippen molar-refractivity contribution in [2.24, 2.45) is 0 Å². The summed E-state index contributed by atoms with van der Waals surface area (Å²) >= 11 is 0. The lowest BCUT2D eigenvalue weighted by atomic mass is 10.2. The maximum absolute atomic E-state index is 12.9. The van der Waals surface area contributed by atoms with Crippen molar-refractivity contribution in [3.8, 4) is 11.5 Å². The third-order valence-corrected chi connectivity index (χ3v) is 5.44. The predicted octanol–water partition coefficient (Wildman–Crippen LogP) is 1.79. The number of likely N-dealkylation sites (N-methyl/N-ethyl adjacent to an activating group) is 1. The van der Waals surface area contributed by atoms with Crippen molar-refractivity contribution in [1.29, 1.82) is 0 Å². The van der Waals surface area contributed by atoms with Crippen LogP contribution in [-0.4, -0.2) is 48.8 Å². The van der Waals surface area contributed by atoms with Gasteiger partial charge in [-0.25, -0.2) is 9.59 Å². The normalized spacial score (nSPS) is 10.8. The fourth-order valence-corrected chi connectivity index (χ4v) is 3.60. The second kappa shape index (κ2) is 12.2. The van der Waals surface area contributed by atoms with Gasteiger partial charge in [0.1, 0.15) is 5.82 Å². The van der Waals surface area contributed by atoms with Gasteiger partial charge in [0.15, 0.2) is 23.8 Å². The summed E-state index contributed by atoms with van der Waals surface area (Å²) in [6, 6.07) is 14.1. The zero-order chi connectivity index (χ0) is 26.9. The lowest BCUT2D eigenvalue weighted by Crippen LogP contribution is -2.42. The average molecular weight is 509 g/mol. The molecule has 0 fully saturated rings. The van der Waals surface area contributed by atoms with Crippen molar-refractivity contribution in [2.75, 3.05) is 38.0 Å². The lowest BCUT2D eigenvalue weighted by molar-refractivity contribution is -0.142. The lowest BCUT2D eigenvalue weighted by Gasteiger charge is -2.23. The van der Waals surface area contributed by atoms with E-state index < -0.39 is 29.7 Å². The van der Waals surface area contributed by atoms with Gasteiger partial charge in [-0.05, 0) is 36.3 Å². The molecule has 1 aromatic heterocycles. The molecule has 0 saturated heterocycles. The third-order valence-electron chi connectivity index (χ3n) is 5.44. The number of rotatable bonds is 10. The Balaban J connectivity index is 1.74. The van der Waals surface area contributed by atoms with Crippen molar-refractivity contribution in [1.82, 2.24) is 9.55 Å². The Morgan fingerprint density at radius 3 is 2.41 bits per heavy atom. The molecule has 0 spiro atoms. The quantitative estimate of drug-likeness (QED) is 0.311. The fraction of sp³-hybridized carbons (Fsp3) is 0.231. The number of benzene rings is 2. The number of amides is 1. The zero-order valence-corrected chi connectivity index (χ0v) is 20.7. The first-order chi connectivity index (χ1) is 17.8. The Morgan fingerprint density at radius 1 is 1.05 bits per heavy atom. The Hall–Kier alpha value is -4.80. The number of carbonyl (C=O) groups is 2. The number of anilines is 2. The molecule has 0 bridgehead atoms. The minimum atomic E-state index is -0.818. The molecule has 0 aliphatic heterocycles. The molecule has 0 aliphatic carbocycles. The van der Waals surface area contributed by atoms with E-state index in [-0.39, 0.29) is 24.6 Å². The van der Waals surface area contributed by atoms with Gasteiger partial charge in [-0.1, -0.05) is 36.4 Å². The summed E-state index contributed by atoms with van der Waals surface area (Å²) in [6.45, 7) is 1.13. The van der Waals surface area contributed by atoms with E-state index >= 15 is 0 Å². The minimum Gasteiger partial charge on any atom is -0.493 e. The second-order valence-corrected chi connectivity index (χ2v) is 7.76. The topological polar surface area (TPSA) is 146 Å². The molecule has 0 saturated carbocycles. The summed E-state index contributed by atoms with van der Waals surface area (Å²) in [5.74, 6) is -0.597. The van der Waals surface area contributed by atoms with E-state index in [9.17, 15) is 19.2 Å². The van der Waals surface area contributed by atoms with Crippen LogP contribution in [-0.2, 0) is 20.9 Å². The van der Waals surface area contributed by atoms with Gasteiger partial charge < -0.3 is 24.8 Å². The van der Waals surface area contributed by atoms with E-state index in [1.165, 1.54) is 24.9 Å². The van der Waals surface area contributed by atoms with Crippen molar-refractivity contribution in [3.05, 3.63) is 86.6 Å². The van der Waals surface area contributed by atoms with Crippen LogP contribution in [0.3, 0.4) is 0 Å². The van der Waals surface area contributed by atoms with Gasteiger partial charge in [-0.3, -0.25) is 19.1 Å². The molecule has 2 aromatic carbocycles. The molecule has 3 N–H and O–H groups in total. The summed E-state index contributed by atoms with van der Waals surface area (Å²) in [6.07, 6.45) is 2.65. The number of nitrogen functional groups attached to an aromatic ring is 1. The van der Waals surface area contributed by atoms with E-state index in [0.29, 0.717) is 17.1 Å². The molecule has 0 aliphatic rings. The van der Waals surface area contributed by atoms with Crippen molar-refractivity contribution < 1.29 is 23.8 Å². The number of nitrogens with two attached hydrogens (primary N) is 1. The maximum Gasteiger partial charge on any atom is 0.331 e. The highest BCUT2D eigenvalue weighted by atomic mass is 16.5. The van der Waals surface area contributed by atoms with Gasteiger partial charge in [0, 0.05) is 12.6 Å².